The molecule has 0 radical (unpaired) electrons. The van der Waals surface area contributed by atoms with E-state index in [0.29, 0.717) is 28.9 Å². The van der Waals surface area contributed by atoms with Crippen LogP contribution in [0, 0.1) is 0 Å². The molecule has 0 saturated carbocycles. The van der Waals surface area contributed by atoms with Gasteiger partial charge < -0.3 is 4.74 Å². The molecule has 0 aliphatic carbocycles. The molecule has 1 aliphatic rings. The highest BCUT2D eigenvalue weighted by Crippen LogP contribution is 2.34. The van der Waals surface area contributed by atoms with Crippen molar-refractivity contribution in [2.75, 3.05) is 26.2 Å². The highest BCUT2D eigenvalue weighted by atomic mass is 35.5. The van der Waals surface area contributed by atoms with E-state index in [2.05, 4.69) is 20.0 Å². The lowest BCUT2D eigenvalue weighted by atomic mass is 10.0. The lowest BCUT2D eigenvalue weighted by molar-refractivity contribution is 0.231. The molecule has 0 bridgehead atoms. The van der Waals surface area contributed by atoms with E-state index in [1.165, 1.54) is 12.8 Å². The van der Waals surface area contributed by atoms with Gasteiger partial charge in [0.15, 0.2) is 0 Å². The summed E-state index contributed by atoms with van der Waals surface area (Å²) in [6.07, 6.45) is 7.82. The molecule has 1 aromatic carbocycles. The quantitative estimate of drug-likeness (QED) is 0.452. The van der Waals surface area contributed by atoms with Crippen molar-refractivity contribution in [2.45, 2.75) is 12.8 Å². The number of hydrogen-bond donors (Lipinski definition) is 0. The molecule has 3 aromatic heterocycles. The number of fused-ring (bicyclic) bond motifs is 1. The van der Waals surface area contributed by atoms with Crippen molar-refractivity contribution in [3.05, 3.63) is 53.9 Å². The van der Waals surface area contributed by atoms with Gasteiger partial charge in [-0.1, -0.05) is 17.7 Å². The maximum absolute atomic E-state index is 6.54. The molecule has 0 unspecified atom stereocenters. The second-order valence-electron chi connectivity index (χ2n) is 7.71. The lowest BCUT2D eigenvalue weighted by Crippen LogP contribution is -2.25. The summed E-state index contributed by atoms with van der Waals surface area (Å²) in [6.45, 7) is 3.76. The molecule has 5 rings (SSSR count). The van der Waals surface area contributed by atoms with Crippen LogP contribution in [-0.4, -0.2) is 55.9 Å². The number of aromatic nitrogens is 5. The number of ether oxygens (including phenoxy) is 1. The molecule has 158 valence electrons. The average Bonchev–Trinajstić information content (AvgIpc) is 3.45. The van der Waals surface area contributed by atoms with Gasteiger partial charge in [0.25, 0.3) is 0 Å². The summed E-state index contributed by atoms with van der Waals surface area (Å²) in [7, 11) is 1.88. The Kier molecular flexibility index (Phi) is 5.53. The fraction of sp³-hybridized carbons (Fsp3) is 0.304. The third-order valence-corrected chi connectivity index (χ3v) is 5.78. The van der Waals surface area contributed by atoms with Gasteiger partial charge in [0, 0.05) is 36.9 Å². The van der Waals surface area contributed by atoms with Crippen LogP contribution in [-0.2, 0) is 7.05 Å². The van der Waals surface area contributed by atoms with Crippen molar-refractivity contribution in [1.29, 1.82) is 0 Å². The fourth-order valence-electron chi connectivity index (χ4n) is 3.94. The molecule has 0 spiro atoms. The van der Waals surface area contributed by atoms with E-state index in [1.807, 2.05) is 43.6 Å². The Bertz CT molecular complexity index is 1220. The van der Waals surface area contributed by atoms with Crippen molar-refractivity contribution in [2.24, 2.45) is 7.05 Å². The van der Waals surface area contributed by atoms with Gasteiger partial charge in [-0.3, -0.25) is 14.6 Å². The molecule has 7 nitrogen and oxygen atoms in total. The standard InChI is InChI=1S/C23H23ClN6O/c1-29-10-6-19(28-29)23-22(17-13-16-5-4-7-25-21(16)18(24)14-17)27-20(15-26-23)31-12-11-30-8-2-3-9-30/h4-7,10,13-15H,2-3,8-9,11-12H2,1H3. The van der Waals surface area contributed by atoms with Gasteiger partial charge in [-0.25, -0.2) is 9.97 Å². The molecule has 4 aromatic rings. The van der Waals surface area contributed by atoms with Crippen LogP contribution in [0.2, 0.25) is 5.02 Å². The molecule has 1 aliphatic heterocycles. The van der Waals surface area contributed by atoms with Gasteiger partial charge in [-0.2, -0.15) is 5.10 Å². The number of pyridine rings is 1. The van der Waals surface area contributed by atoms with Crippen LogP contribution in [0.25, 0.3) is 33.5 Å². The van der Waals surface area contributed by atoms with Crippen molar-refractivity contribution >= 4 is 22.5 Å². The molecule has 1 saturated heterocycles. The molecule has 0 atom stereocenters. The Morgan fingerprint density at radius 1 is 1.10 bits per heavy atom. The van der Waals surface area contributed by atoms with Crippen molar-refractivity contribution in [3.8, 4) is 28.5 Å². The van der Waals surface area contributed by atoms with Gasteiger partial charge in [-0.15, -0.1) is 0 Å². The third kappa shape index (κ3) is 4.24. The predicted molar refractivity (Wildman–Crippen MR) is 121 cm³/mol. The van der Waals surface area contributed by atoms with Crippen LogP contribution >= 0.6 is 11.6 Å². The summed E-state index contributed by atoms with van der Waals surface area (Å²) in [4.78, 5) is 16.3. The van der Waals surface area contributed by atoms with E-state index in [9.17, 15) is 0 Å². The first-order valence-electron chi connectivity index (χ1n) is 10.4. The number of rotatable bonds is 6. The largest absolute Gasteiger partial charge is 0.475 e. The Labute approximate surface area is 185 Å². The summed E-state index contributed by atoms with van der Waals surface area (Å²) >= 11 is 6.54. The summed E-state index contributed by atoms with van der Waals surface area (Å²) in [5, 5.41) is 6.03. The Hall–Kier alpha value is -3.03. The van der Waals surface area contributed by atoms with Gasteiger partial charge in [0.1, 0.15) is 23.7 Å². The highest BCUT2D eigenvalue weighted by molar-refractivity contribution is 6.35. The number of nitrogens with zero attached hydrogens (tertiary/aromatic N) is 6. The number of halogens is 1. The molecular weight excluding hydrogens is 412 g/mol. The van der Waals surface area contributed by atoms with Crippen LogP contribution in [0.5, 0.6) is 5.88 Å². The smallest absolute Gasteiger partial charge is 0.232 e. The van der Waals surface area contributed by atoms with Gasteiger partial charge in [0.2, 0.25) is 5.88 Å². The minimum absolute atomic E-state index is 0.497. The summed E-state index contributed by atoms with van der Waals surface area (Å²) in [6, 6.07) is 9.71. The molecule has 0 amide bonds. The monoisotopic (exact) mass is 434 g/mol. The highest BCUT2D eigenvalue weighted by Gasteiger charge is 2.17. The molecule has 0 N–H and O–H groups in total. The Balaban J connectivity index is 1.52. The van der Waals surface area contributed by atoms with Crippen LogP contribution in [0.1, 0.15) is 12.8 Å². The van der Waals surface area contributed by atoms with E-state index in [4.69, 9.17) is 21.3 Å². The zero-order chi connectivity index (χ0) is 21.2. The fourth-order valence-corrected chi connectivity index (χ4v) is 4.22. The molecule has 4 heterocycles. The van der Waals surface area contributed by atoms with Crippen molar-refractivity contribution in [1.82, 2.24) is 29.6 Å². The summed E-state index contributed by atoms with van der Waals surface area (Å²) < 4.78 is 7.71. The lowest BCUT2D eigenvalue weighted by Gasteiger charge is -2.15. The molecule has 31 heavy (non-hydrogen) atoms. The van der Waals surface area contributed by atoms with Crippen molar-refractivity contribution < 1.29 is 4.74 Å². The maximum atomic E-state index is 6.54. The second kappa shape index (κ2) is 8.61. The number of aryl methyl sites for hydroxylation is 1. The first-order chi connectivity index (χ1) is 15.2. The van der Waals surface area contributed by atoms with E-state index >= 15 is 0 Å². The molecular formula is C23H23ClN6O. The summed E-state index contributed by atoms with van der Waals surface area (Å²) in [5.41, 5.74) is 3.73. The van der Waals surface area contributed by atoms with E-state index < -0.39 is 0 Å². The van der Waals surface area contributed by atoms with Gasteiger partial charge in [0.05, 0.1) is 16.7 Å². The minimum atomic E-state index is 0.497. The van der Waals surface area contributed by atoms with E-state index in [0.717, 1.165) is 41.8 Å². The number of hydrogen-bond acceptors (Lipinski definition) is 6. The van der Waals surface area contributed by atoms with Crippen LogP contribution < -0.4 is 4.74 Å². The topological polar surface area (TPSA) is 69.0 Å². The zero-order valence-electron chi connectivity index (χ0n) is 17.3. The Morgan fingerprint density at radius 3 is 2.77 bits per heavy atom. The first-order valence-corrected chi connectivity index (χ1v) is 10.8. The van der Waals surface area contributed by atoms with Crippen molar-refractivity contribution in [3.63, 3.8) is 0 Å². The van der Waals surface area contributed by atoms with E-state index in [-0.39, 0.29) is 0 Å². The van der Waals surface area contributed by atoms with Crippen LogP contribution in [0.15, 0.2) is 48.9 Å². The molecule has 1 fully saturated rings. The normalized spacial score (nSPS) is 14.4. The zero-order valence-corrected chi connectivity index (χ0v) is 18.1. The minimum Gasteiger partial charge on any atom is -0.475 e. The Morgan fingerprint density at radius 2 is 1.97 bits per heavy atom. The number of likely N-dealkylation sites (tertiary alicyclic amines) is 1. The second-order valence-corrected chi connectivity index (χ2v) is 8.12. The molecule has 8 heteroatoms. The SMILES string of the molecule is Cn1ccc(-c2ncc(OCCN3CCCC3)nc2-c2cc(Cl)c3ncccc3c2)n1. The number of benzene rings is 1. The van der Waals surface area contributed by atoms with Gasteiger partial charge in [-0.05, 0) is 50.2 Å². The van der Waals surface area contributed by atoms with E-state index in [1.54, 1.807) is 17.1 Å². The summed E-state index contributed by atoms with van der Waals surface area (Å²) in [5.74, 6) is 0.497. The maximum Gasteiger partial charge on any atom is 0.232 e. The average molecular weight is 435 g/mol. The predicted octanol–water partition coefficient (Wildman–Crippen LogP) is 4.22. The van der Waals surface area contributed by atoms with Crippen LogP contribution in [0.4, 0.5) is 0 Å². The first kappa shape index (κ1) is 19.9. The van der Waals surface area contributed by atoms with Crippen LogP contribution in [0.3, 0.4) is 0 Å². The van der Waals surface area contributed by atoms with Gasteiger partial charge >= 0.3 is 0 Å². The third-order valence-electron chi connectivity index (χ3n) is 5.49.